The van der Waals surface area contributed by atoms with E-state index in [1.165, 1.54) is 0 Å². The van der Waals surface area contributed by atoms with Gasteiger partial charge in [0.25, 0.3) is 0 Å². The van der Waals surface area contributed by atoms with E-state index in [0.717, 1.165) is 13.0 Å². The fraction of sp³-hybridized carbons (Fsp3) is 0.917. The molecule has 4 nitrogen and oxygen atoms in total. The van der Waals surface area contributed by atoms with E-state index in [0.29, 0.717) is 24.5 Å². The summed E-state index contributed by atoms with van der Waals surface area (Å²) in [6.07, 6.45) is 1.34. The molecule has 2 amide bonds. The molecule has 2 N–H and O–H groups in total. The van der Waals surface area contributed by atoms with E-state index in [-0.39, 0.29) is 12.1 Å². The lowest BCUT2D eigenvalue weighted by Crippen LogP contribution is -2.43. The van der Waals surface area contributed by atoms with Gasteiger partial charge in [0.1, 0.15) is 0 Å². The first kappa shape index (κ1) is 13.3. The predicted octanol–water partition coefficient (Wildman–Crippen LogP) is 1.76. The molecule has 0 spiro atoms. The van der Waals surface area contributed by atoms with E-state index in [1.807, 2.05) is 13.8 Å². The van der Waals surface area contributed by atoms with Gasteiger partial charge in [0.15, 0.2) is 0 Å². The van der Waals surface area contributed by atoms with Crippen molar-refractivity contribution >= 4 is 6.03 Å². The molecule has 4 heteroatoms. The molecule has 1 aliphatic rings. The zero-order chi connectivity index (χ0) is 12.1. The van der Waals surface area contributed by atoms with Crippen LogP contribution in [0.4, 0.5) is 4.79 Å². The van der Waals surface area contributed by atoms with Crippen LogP contribution in [0, 0.1) is 11.8 Å². The number of rotatable bonds is 4. The molecule has 1 saturated heterocycles. The number of urea groups is 1. The van der Waals surface area contributed by atoms with Crippen molar-refractivity contribution in [3.05, 3.63) is 0 Å². The largest absolute Gasteiger partial charge is 0.378 e. The lowest BCUT2D eigenvalue weighted by molar-refractivity contribution is 0.0545. The van der Waals surface area contributed by atoms with Gasteiger partial charge in [-0.3, -0.25) is 0 Å². The molecule has 94 valence electrons. The van der Waals surface area contributed by atoms with Crippen LogP contribution in [0.15, 0.2) is 0 Å². The zero-order valence-corrected chi connectivity index (χ0v) is 10.7. The minimum absolute atomic E-state index is 0.0793. The Morgan fingerprint density at radius 2 is 2.06 bits per heavy atom. The van der Waals surface area contributed by atoms with Crippen LogP contribution < -0.4 is 10.6 Å². The number of ether oxygens (including phenoxy) is 1. The number of nitrogens with one attached hydrogen (secondary N) is 2. The molecule has 0 aliphatic carbocycles. The number of carbonyl (C=O) groups is 1. The number of amides is 2. The standard InChI is InChI=1S/C12H24N2O2/c1-8(2)11-10(5-6-16-11)7-13-12(15)14-9(3)4/h8-11H,5-7H2,1-4H3,(H2,13,14,15)/t10-,11-/m1/s1. The van der Waals surface area contributed by atoms with Crippen LogP contribution in [-0.2, 0) is 4.74 Å². The summed E-state index contributed by atoms with van der Waals surface area (Å²) in [6.45, 7) is 9.76. The van der Waals surface area contributed by atoms with E-state index in [2.05, 4.69) is 24.5 Å². The summed E-state index contributed by atoms with van der Waals surface area (Å²) in [6, 6.07) is 0.102. The highest BCUT2D eigenvalue weighted by molar-refractivity contribution is 5.74. The quantitative estimate of drug-likeness (QED) is 0.770. The summed E-state index contributed by atoms with van der Waals surface area (Å²) in [7, 11) is 0. The van der Waals surface area contributed by atoms with Crippen LogP contribution >= 0.6 is 0 Å². The van der Waals surface area contributed by atoms with Crippen LogP contribution in [0.5, 0.6) is 0 Å². The van der Waals surface area contributed by atoms with Gasteiger partial charge < -0.3 is 15.4 Å². The second kappa shape index (κ2) is 6.09. The average Bonchev–Trinajstić information content (AvgIpc) is 2.61. The van der Waals surface area contributed by atoms with Crippen LogP contribution in [-0.4, -0.2) is 31.3 Å². The molecule has 1 heterocycles. The van der Waals surface area contributed by atoms with Gasteiger partial charge in [0.2, 0.25) is 0 Å². The van der Waals surface area contributed by atoms with Gasteiger partial charge >= 0.3 is 6.03 Å². The van der Waals surface area contributed by atoms with E-state index in [4.69, 9.17) is 4.74 Å². The third-order valence-electron chi connectivity index (χ3n) is 2.87. The summed E-state index contributed by atoms with van der Waals surface area (Å²) in [4.78, 5) is 11.4. The number of hydrogen-bond acceptors (Lipinski definition) is 2. The minimum Gasteiger partial charge on any atom is -0.378 e. The molecule has 1 rings (SSSR count). The summed E-state index contributed by atoms with van der Waals surface area (Å²) in [5.41, 5.74) is 0. The molecule has 0 unspecified atom stereocenters. The Kier molecular flexibility index (Phi) is 5.06. The van der Waals surface area contributed by atoms with Crippen LogP contribution in [0.2, 0.25) is 0 Å². The van der Waals surface area contributed by atoms with Crippen molar-refractivity contribution in [2.45, 2.75) is 46.3 Å². The molecule has 0 saturated carbocycles. The molecule has 0 aromatic heterocycles. The van der Waals surface area contributed by atoms with Crippen molar-refractivity contribution in [1.82, 2.24) is 10.6 Å². The fourth-order valence-electron chi connectivity index (χ4n) is 2.15. The monoisotopic (exact) mass is 228 g/mol. The number of hydrogen-bond donors (Lipinski definition) is 2. The third-order valence-corrected chi connectivity index (χ3v) is 2.87. The van der Waals surface area contributed by atoms with Crippen molar-refractivity contribution in [2.75, 3.05) is 13.2 Å². The molecule has 0 aromatic carbocycles. The van der Waals surface area contributed by atoms with E-state index in [9.17, 15) is 4.79 Å². The van der Waals surface area contributed by atoms with Crippen molar-refractivity contribution in [2.24, 2.45) is 11.8 Å². The summed E-state index contributed by atoms with van der Waals surface area (Å²) >= 11 is 0. The van der Waals surface area contributed by atoms with E-state index < -0.39 is 0 Å². The molecular weight excluding hydrogens is 204 g/mol. The van der Waals surface area contributed by atoms with Crippen molar-refractivity contribution in [1.29, 1.82) is 0 Å². The van der Waals surface area contributed by atoms with Crippen LogP contribution in [0.3, 0.4) is 0 Å². The lowest BCUT2D eigenvalue weighted by atomic mass is 9.93. The Hall–Kier alpha value is -0.770. The Morgan fingerprint density at radius 3 is 2.62 bits per heavy atom. The predicted molar refractivity (Wildman–Crippen MR) is 64.4 cm³/mol. The molecule has 0 aromatic rings. The minimum atomic E-state index is -0.0793. The van der Waals surface area contributed by atoms with Gasteiger partial charge in [-0.1, -0.05) is 13.8 Å². The van der Waals surface area contributed by atoms with Gasteiger partial charge in [-0.2, -0.15) is 0 Å². The average molecular weight is 228 g/mol. The highest BCUT2D eigenvalue weighted by Gasteiger charge is 2.30. The van der Waals surface area contributed by atoms with E-state index in [1.54, 1.807) is 0 Å². The zero-order valence-electron chi connectivity index (χ0n) is 10.7. The smallest absolute Gasteiger partial charge is 0.314 e. The van der Waals surface area contributed by atoms with Gasteiger partial charge in [-0.25, -0.2) is 4.79 Å². The van der Waals surface area contributed by atoms with Crippen LogP contribution in [0.25, 0.3) is 0 Å². The second-order valence-electron chi connectivity index (χ2n) is 5.14. The first-order valence-electron chi connectivity index (χ1n) is 6.16. The lowest BCUT2D eigenvalue weighted by Gasteiger charge is -2.22. The fourth-order valence-corrected chi connectivity index (χ4v) is 2.15. The Morgan fingerprint density at radius 1 is 1.38 bits per heavy atom. The summed E-state index contributed by atoms with van der Waals surface area (Å²) in [5.74, 6) is 0.973. The Labute approximate surface area is 98.1 Å². The van der Waals surface area contributed by atoms with Gasteiger partial charge in [0.05, 0.1) is 6.10 Å². The van der Waals surface area contributed by atoms with Crippen molar-refractivity contribution in [3.8, 4) is 0 Å². The second-order valence-corrected chi connectivity index (χ2v) is 5.14. The first-order chi connectivity index (χ1) is 7.50. The topological polar surface area (TPSA) is 50.4 Å². The highest BCUT2D eigenvalue weighted by atomic mass is 16.5. The maximum Gasteiger partial charge on any atom is 0.314 e. The third kappa shape index (κ3) is 4.00. The van der Waals surface area contributed by atoms with Crippen molar-refractivity contribution < 1.29 is 9.53 Å². The molecule has 16 heavy (non-hydrogen) atoms. The Balaban J connectivity index is 2.29. The molecule has 2 atom stereocenters. The Bertz CT molecular complexity index is 229. The molecule has 0 bridgehead atoms. The first-order valence-corrected chi connectivity index (χ1v) is 6.16. The molecule has 0 radical (unpaired) electrons. The summed E-state index contributed by atoms with van der Waals surface area (Å²) in [5, 5.41) is 5.73. The molecule has 1 aliphatic heterocycles. The van der Waals surface area contributed by atoms with Crippen molar-refractivity contribution in [3.63, 3.8) is 0 Å². The molecule has 1 fully saturated rings. The maximum atomic E-state index is 11.4. The highest BCUT2D eigenvalue weighted by Crippen LogP contribution is 2.25. The maximum absolute atomic E-state index is 11.4. The molecular formula is C12H24N2O2. The number of carbonyl (C=O) groups excluding carboxylic acids is 1. The van der Waals surface area contributed by atoms with Gasteiger partial charge in [-0.05, 0) is 26.2 Å². The normalized spacial score (nSPS) is 25.1. The summed E-state index contributed by atoms with van der Waals surface area (Å²) < 4.78 is 5.67. The van der Waals surface area contributed by atoms with E-state index >= 15 is 0 Å². The van der Waals surface area contributed by atoms with Crippen LogP contribution in [0.1, 0.15) is 34.1 Å². The van der Waals surface area contributed by atoms with Gasteiger partial charge in [0, 0.05) is 25.1 Å². The van der Waals surface area contributed by atoms with Gasteiger partial charge in [-0.15, -0.1) is 0 Å². The SMILES string of the molecule is CC(C)NC(=O)NC[C@H]1CCO[C@@H]1C(C)C.